The topological polar surface area (TPSA) is 46.6 Å². The number of rotatable bonds is 4. The molecular formula is C17H14BrNO3. The fraction of sp³-hybridized carbons (Fsp3) is 0.176. The molecule has 1 aliphatic rings. The van der Waals surface area contributed by atoms with Crippen LogP contribution < -0.4 is 4.74 Å². The number of hydrogen-bond donors (Lipinski definition) is 0. The second-order valence-electron chi connectivity index (χ2n) is 4.99. The second kappa shape index (κ2) is 6.32. The maximum absolute atomic E-state index is 12.1. The van der Waals surface area contributed by atoms with Gasteiger partial charge in [-0.1, -0.05) is 46.3 Å². The van der Waals surface area contributed by atoms with Crippen molar-refractivity contribution in [2.45, 2.75) is 19.1 Å². The molecule has 2 amide bonds. The van der Waals surface area contributed by atoms with Gasteiger partial charge in [-0.05, 0) is 24.3 Å². The van der Waals surface area contributed by atoms with E-state index in [-0.39, 0.29) is 24.7 Å². The van der Waals surface area contributed by atoms with E-state index in [0.717, 1.165) is 10.0 Å². The van der Waals surface area contributed by atoms with Gasteiger partial charge in [-0.3, -0.25) is 9.59 Å². The zero-order valence-electron chi connectivity index (χ0n) is 11.7. The molecule has 4 nitrogen and oxygen atoms in total. The smallest absolute Gasteiger partial charge is 0.232 e. The summed E-state index contributed by atoms with van der Waals surface area (Å²) in [6, 6.07) is 16.6. The van der Waals surface area contributed by atoms with Crippen molar-refractivity contribution in [3.63, 3.8) is 0 Å². The number of carbonyl (C=O) groups is 2. The van der Waals surface area contributed by atoms with Gasteiger partial charge < -0.3 is 4.74 Å². The summed E-state index contributed by atoms with van der Waals surface area (Å²) in [6.07, 6.45) is -0.248. The minimum atomic E-state index is -0.732. The Labute approximate surface area is 136 Å². The molecule has 0 saturated carbocycles. The summed E-state index contributed by atoms with van der Waals surface area (Å²) in [7, 11) is 0. The zero-order valence-corrected chi connectivity index (χ0v) is 13.3. The Kier molecular flexibility index (Phi) is 4.24. The Bertz CT molecular complexity index is 669. The van der Waals surface area contributed by atoms with Gasteiger partial charge in [0.1, 0.15) is 5.75 Å². The highest BCUT2D eigenvalue weighted by Gasteiger charge is 2.37. The highest BCUT2D eigenvalue weighted by Crippen LogP contribution is 2.30. The van der Waals surface area contributed by atoms with E-state index in [9.17, 15) is 9.59 Å². The highest BCUT2D eigenvalue weighted by molar-refractivity contribution is 9.10. The number of likely N-dealkylation sites (tertiary alicyclic amines) is 1. The molecule has 1 heterocycles. The van der Waals surface area contributed by atoms with Crippen LogP contribution in [-0.4, -0.2) is 16.7 Å². The van der Waals surface area contributed by atoms with E-state index < -0.39 is 6.23 Å². The fourth-order valence-electron chi connectivity index (χ4n) is 2.38. The summed E-state index contributed by atoms with van der Waals surface area (Å²) < 4.78 is 6.88. The molecule has 1 unspecified atom stereocenters. The maximum atomic E-state index is 12.1. The first-order valence-corrected chi connectivity index (χ1v) is 7.76. The van der Waals surface area contributed by atoms with E-state index >= 15 is 0 Å². The minimum absolute atomic E-state index is 0.198. The van der Waals surface area contributed by atoms with Crippen molar-refractivity contribution < 1.29 is 14.3 Å². The van der Waals surface area contributed by atoms with Crippen molar-refractivity contribution in [1.29, 1.82) is 0 Å². The van der Waals surface area contributed by atoms with Gasteiger partial charge in [0.25, 0.3) is 0 Å². The number of ether oxygens (including phenoxy) is 1. The summed E-state index contributed by atoms with van der Waals surface area (Å²) in [4.78, 5) is 25.3. The number of benzene rings is 2. The van der Waals surface area contributed by atoms with Crippen LogP contribution in [0.2, 0.25) is 0 Å². The molecule has 22 heavy (non-hydrogen) atoms. The lowest BCUT2D eigenvalue weighted by atomic mass is 10.2. The number of imide groups is 1. The van der Waals surface area contributed by atoms with Gasteiger partial charge in [0, 0.05) is 22.9 Å². The lowest BCUT2D eigenvalue weighted by Gasteiger charge is -2.27. The molecule has 0 spiro atoms. The first-order valence-electron chi connectivity index (χ1n) is 6.97. The van der Waals surface area contributed by atoms with Gasteiger partial charge in [-0.15, -0.1) is 0 Å². The van der Waals surface area contributed by atoms with E-state index in [1.807, 2.05) is 42.5 Å². The normalized spacial score (nSPS) is 16.0. The third-order valence-electron chi connectivity index (χ3n) is 3.47. The van der Waals surface area contributed by atoms with Gasteiger partial charge >= 0.3 is 0 Å². The van der Waals surface area contributed by atoms with Crippen LogP contribution in [0.25, 0.3) is 0 Å². The SMILES string of the molecule is O=C1CCC(=O)N1C(Oc1ccc(Br)cc1)c1ccccc1. The van der Waals surface area contributed by atoms with Crippen LogP contribution in [0.1, 0.15) is 24.6 Å². The van der Waals surface area contributed by atoms with Gasteiger partial charge in [-0.25, -0.2) is 4.90 Å². The summed E-state index contributed by atoms with van der Waals surface area (Å²) >= 11 is 3.37. The first-order chi connectivity index (χ1) is 10.6. The molecule has 0 radical (unpaired) electrons. The van der Waals surface area contributed by atoms with E-state index in [4.69, 9.17) is 4.74 Å². The Morgan fingerprint density at radius 1 is 0.909 bits per heavy atom. The molecular weight excluding hydrogens is 346 g/mol. The molecule has 2 aromatic rings. The summed E-state index contributed by atoms with van der Waals surface area (Å²) in [5.41, 5.74) is 0.772. The van der Waals surface area contributed by atoms with Crippen LogP contribution in [0, 0.1) is 0 Å². The quantitative estimate of drug-likeness (QED) is 0.782. The number of halogens is 1. The molecule has 3 rings (SSSR count). The maximum Gasteiger partial charge on any atom is 0.232 e. The minimum Gasteiger partial charge on any atom is -0.466 e. The average molecular weight is 360 g/mol. The van der Waals surface area contributed by atoms with Crippen molar-refractivity contribution in [2.75, 3.05) is 0 Å². The van der Waals surface area contributed by atoms with Crippen molar-refractivity contribution in [3.8, 4) is 5.75 Å². The highest BCUT2D eigenvalue weighted by atomic mass is 79.9. The molecule has 0 N–H and O–H groups in total. The Morgan fingerprint density at radius 2 is 1.50 bits per heavy atom. The van der Waals surface area contributed by atoms with Crippen LogP contribution in [0.15, 0.2) is 59.1 Å². The van der Waals surface area contributed by atoms with Gasteiger partial charge in [0.05, 0.1) is 0 Å². The predicted octanol–water partition coefficient (Wildman–Crippen LogP) is 3.68. The largest absolute Gasteiger partial charge is 0.466 e. The molecule has 0 aromatic heterocycles. The van der Waals surface area contributed by atoms with E-state index in [2.05, 4.69) is 15.9 Å². The molecule has 112 valence electrons. The second-order valence-corrected chi connectivity index (χ2v) is 5.91. The zero-order chi connectivity index (χ0) is 15.5. The Balaban J connectivity index is 1.94. The van der Waals surface area contributed by atoms with Crippen LogP contribution >= 0.6 is 15.9 Å². The Hall–Kier alpha value is -2.14. The molecule has 0 aliphatic carbocycles. The summed E-state index contributed by atoms with van der Waals surface area (Å²) in [5, 5.41) is 0. The molecule has 1 atom stereocenters. The molecule has 1 saturated heterocycles. The summed E-state index contributed by atoms with van der Waals surface area (Å²) in [5.74, 6) is 0.205. The lowest BCUT2D eigenvalue weighted by Crippen LogP contribution is -2.36. The van der Waals surface area contributed by atoms with Crippen LogP contribution in [-0.2, 0) is 9.59 Å². The molecule has 2 aromatic carbocycles. The van der Waals surface area contributed by atoms with Crippen molar-refractivity contribution in [1.82, 2.24) is 4.90 Å². The third-order valence-corrected chi connectivity index (χ3v) is 4.00. The Morgan fingerprint density at radius 3 is 2.09 bits per heavy atom. The fourth-order valence-corrected chi connectivity index (χ4v) is 2.65. The van der Waals surface area contributed by atoms with Crippen molar-refractivity contribution in [2.24, 2.45) is 0 Å². The molecule has 1 fully saturated rings. The first kappa shape index (κ1) is 14.8. The molecule has 5 heteroatoms. The molecule has 0 bridgehead atoms. The third kappa shape index (κ3) is 3.04. The average Bonchev–Trinajstić information content (AvgIpc) is 2.87. The van der Waals surface area contributed by atoms with Gasteiger partial charge in [0.15, 0.2) is 0 Å². The standard InChI is InChI=1S/C17H14BrNO3/c18-13-6-8-14(9-7-13)22-17(12-4-2-1-3-5-12)19-15(20)10-11-16(19)21/h1-9,17H,10-11H2. The lowest BCUT2D eigenvalue weighted by molar-refractivity contribution is -0.148. The van der Waals surface area contributed by atoms with E-state index in [1.165, 1.54) is 4.90 Å². The van der Waals surface area contributed by atoms with Gasteiger partial charge in [0.2, 0.25) is 18.0 Å². The molecule has 1 aliphatic heterocycles. The number of carbonyl (C=O) groups excluding carboxylic acids is 2. The number of amides is 2. The predicted molar refractivity (Wildman–Crippen MR) is 85.0 cm³/mol. The van der Waals surface area contributed by atoms with Gasteiger partial charge in [-0.2, -0.15) is 0 Å². The van der Waals surface area contributed by atoms with E-state index in [1.54, 1.807) is 12.1 Å². The van der Waals surface area contributed by atoms with Crippen LogP contribution in [0.5, 0.6) is 5.75 Å². The van der Waals surface area contributed by atoms with Crippen molar-refractivity contribution >= 4 is 27.7 Å². The van der Waals surface area contributed by atoms with Crippen LogP contribution in [0.3, 0.4) is 0 Å². The van der Waals surface area contributed by atoms with Crippen LogP contribution in [0.4, 0.5) is 0 Å². The monoisotopic (exact) mass is 359 g/mol. The van der Waals surface area contributed by atoms with Crippen molar-refractivity contribution in [3.05, 3.63) is 64.6 Å². The van der Waals surface area contributed by atoms with E-state index in [0.29, 0.717) is 5.75 Å². The number of hydrogen-bond acceptors (Lipinski definition) is 3. The number of nitrogens with zero attached hydrogens (tertiary/aromatic N) is 1. The summed E-state index contributed by atoms with van der Waals surface area (Å²) in [6.45, 7) is 0.